The van der Waals surface area contributed by atoms with Gasteiger partial charge in [0.2, 0.25) is 0 Å². The van der Waals surface area contributed by atoms with E-state index in [-0.39, 0.29) is 0 Å². The van der Waals surface area contributed by atoms with E-state index in [1.807, 2.05) is 6.92 Å². The average molecular weight is 178 g/mol. The van der Waals surface area contributed by atoms with E-state index in [1.165, 1.54) is 5.56 Å². The topological polar surface area (TPSA) is 16.1 Å². The minimum atomic E-state index is 1.07. The van der Waals surface area contributed by atoms with Gasteiger partial charge in [-0.25, -0.2) is 4.98 Å². The molecule has 1 aromatic rings. The largest absolute Gasteiger partial charge is 0.360 e. The first-order valence-electron chi connectivity index (χ1n) is 4.80. The normalized spacial score (nSPS) is 10.2. The molecule has 1 heterocycles. The van der Waals surface area contributed by atoms with Gasteiger partial charge in [0.15, 0.2) is 0 Å². The van der Waals surface area contributed by atoms with Crippen LogP contribution in [0.3, 0.4) is 0 Å². The molecular weight excluding hydrogens is 160 g/mol. The van der Waals surface area contributed by atoms with E-state index >= 15 is 0 Å². The average Bonchev–Trinajstić information content (AvgIpc) is 2.03. The highest BCUT2D eigenvalue weighted by atomic mass is 15.2. The lowest BCUT2D eigenvalue weighted by Crippen LogP contribution is -2.19. The van der Waals surface area contributed by atoms with Crippen molar-refractivity contribution in [2.24, 2.45) is 0 Å². The van der Waals surface area contributed by atoms with Gasteiger partial charge in [0, 0.05) is 19.3 Å². The van der Waals surface area contributed by atoms with Gasteiger partial charge in [0.05, 0.1) is 0 Å². The molecule has 0 aliphatic rings. The predicted octanol–water partition coefficient (Wildman–Crippen LogP) is 2.54. The van der Waals surface area contributed by atoms with Gasteiger partial charge in [-0.2, -0.15) is 0 Å². The van der Waals surface area contributed by atoms with Crippen LogP contribution >= 0.6 is 0 Å². The molecule has 2 heteroatoms. The summed E-state index contributed by atoms with van der Waals surface area (Å²) >= 11 is 0. The summed E-state index contributed by atoms with van der Waals surface area (Å²) in [5.74, 6) is 1.08. The van der Waals surface area contributed by atoms with Crippen molar-refractivity contribution >= 4 is 5.82 Å². The number of pyridine rings is 1. The molecule has 0 unspecified atom stereocenters. The summed E-state index contributed by atoms with van der Waals surface area (Å²) in [4.78, 5) is 6.67. The highest BCUT2D eigenvalue weighted by Gasteiger charge is 2.01. The van der Waals surface area contributed by atoms with Gasteiger partial charge in [-0.05, 0) is 38.0 Å². The Kier molecular flexibility index (Phi) is 3.29. The lowest BCUT2D eigenvalue weighted by molar-refractivity contribution is 0.834. The van der Waals surface area contributed by atoms with Crippen LogP contribution in [0.4, 0.5) is 5.82 Å². The molecule has 0 spiro atoms. The number of hydrogen-bond donors (Lipinski definition) is 0. The molecule has 2 nitrogen and oxygen atoms in total. The van der Waals surface area contributed by atoms with E-state index in [4.69, 9.17) is 0 Å². The van der Waals surface area contributed by atoms with Crippen molar-refractivity contribution in [1.29, 1.82) is 0 Å². The summed E-state index contributed by atoms with van der Waals surface area (Å²) < 4.78 is 0. The van der Waals surface area contributed by atoms with Crippen molar-refractivity contribution in [2.45, 2.75) is 27.2 Å². The fourth-order valence-electron chi connectivity index (χ4n) is 1.47. The lowest BCUT2D eigenvalue weighted by atomic mass is 10.2. The molecule has 13 heavy (non-hydrogen) atoms. The number of rotatable bonds is 3. The fourth-order valence-corrected chi connectivity index (χ4v) is 1.47. The smallest absolute Gasteiger partial charge is 0.128 e. The van der Waals surface area contributed by atoms with Gasteiger partial charge >= 0.3 is 0 Å². The van der Waals surface area contributed by atoms with Crippen LogP contribution in [0.25, 0.3) is 0 Å². The molecule has 0 aliphatic heterocycles. The molecule has 0 amide bonds. The van der Waals surface area contributed by atoms with Crippen molar-refractivity contribution in [1.82, 2.24) is 4.98 Å². The fraction of sp³-hybridized carbons (Fsp3) is 0.545. The molecule has 0 aliphatic carbocycles. The second-order valence-electron chi connectivity index (χ2n) is 3.57. The van der Waals surface area contributed by atoms with Crippen molar-refractivity contribution in [3.8, 4) is 0 Å². The van der Waals surface area contributed by atoms with Crippen LogP contribution in [0.1, 0.15) is 24.6 Å². The van der Waals surface area contributed by atoms with E-state index in [0.29, 0.717) is 0 Å². The third-order valence-corrected chi connectivity index (χ3v) is 2.03. The van der Waals surface area contributed by atoms with Crippen LogP contribution in [0.5, 0.6) is 0 Å². The van der Waals surface area contributed by atoms with Gasteiger partial charge in [-0.1, -0.05) is 6.92 Å². The zero-order valence-corrected chi connectivity index (χ0v) is 8.96. The van der Waals surface area contributed by atoms with Crippen LogP contribution in [0.15, 0.2) is 12.1 Å². The minimum Gasteiger partial charge on any atom is -0.360 e. The van der Waals surface area contributed by atoms with E-state index in [9.17, 15) is 0 Å². The molecule has 0 aromatic carbocycles. The van der Waals surface area contributed by atoms with E-state index in [0.717, 1.165) is 24.5 Å². The predicted molar refractivity (Wildman–Crippen MR) is 57.3 cm³/mol. The second-order valence-corrected chi connectivity index (χ2v) is 3.57. The highest BCUT2D eigenvalue weighted by molar-refractivity contribution is 5.41. The molecule has 72 valence electrons. The van der Waals surface area contributed by atoms with Crippen LogP contribution in [0.2, 0.25) is 0 Å². The maximum Gasteiger partial charge on any atom is 0.128 e. The lowest BCUT2D eigenvalue weighted by Gasteiger charge is -2.17. The first kappa shape index (κ1) is 10.0. The Labute approximate surface area is 80.6 Å². The maximum atomic E-state index is 4.48. The van der Waals surface area contributed by atoms with Gasteiger partial charge in [-0.15, -0.1) is 0 Å². The van der Waals surface area contributed by atoms with Crippen molar-refractivity contribution in [3.05, 3.63) is 23.4 Å². The number of aryl methyl sites for hydroxylation is 2. The summed E-state index contributed by atoms with van der Waals surface area (Å²) in [7, 11) is 2.09. The third kappa shape index (κ3) is 2.72. The first-order valence-corrected chi connectivity index (χ1v) is 4.80. The van der Waals surface area contributed by atoms with Crippen LogP contribution in [-0.2, 0) is 0 Å². The highest BCUT2D eigenvalue weighted by Crippen LogP contribution is 2.12. The summed E-state index contributed by atoms with van der Waals surface area (Å²) in [5, 5.41) is 0. The molecule has 0 radical (unpaired) electrons. The SMILES string of the molecule is CCCN(C)c1cc(C)cc(C)n1. The molecular formula is C11H18N2. The van der Waals surface area contributed by atoms with Gasteiger partial charge < -0.3 is 4.90 Å². The monoisotopic (exact) mass is 178 g/mol. The Morgan fingerprint density at radius 1 is 1.31 bits per heavy atom. The first-order chi connectivity index (χ1) is 6.13. The van der Waals surface area contributed by atoms with Crippen molar-refractivity contribution in [2.75, 3.05) is 18.5 Å². The summed E-state index contributed by atoms with van der Waals surface area (Å²) in [6.07, 6.45) is 1.16. The number of anilines is 1. The van der Waals surface area contributed by atoms with E-state index < -0.39 is 0 Å². The van der Waals surface area contributed by atoms with Crippen LogP contribution in [0, 0.1) is 13.8 Å². The zero-order chi connectivity index (χ0) is 9.84. The Balaban J connectivity index is 2.87. The molecule has 0 saturated heterocycles. The van der Waals surface area contributed by atoms with Gasteiger partial charge in [0.25, 0.3) is 0 Å². The van der Waals surface area contributed by atoms with Gasteiger partial charge in [-0.3, -0.25) is 0 Å². The Hall–Kier alpha value is -1.05. The zero-order valence-electron chi connectivity index (χ0n) is 8.96. The van der Waals surface area contributed by atoms with Crippen molar-refractivity contribution in [3.63, 3.8) is 0 Å². The van der Waals surface area contributed by atoms with Crippen LogP contribution < -0.4 is 4.90 Å². The molecule has 0 atom stereocenters. The number of nitrogens with zero attached hydrogens (tertiary/aromatic N) is 2. The molecule has 0 fully saturated rings. The van der Waals surface area contributed by atoms with Gasteiger partial charge in [0.1, 0.15) is 5.82 Å². The van der Waals surface area contributed by atoms with Crippen LogP contribution in [-0.4, -0.2) is 18.6 Å². The number of aromatic nitrogens is 1. The Morgan fingerprint density at radius 3 is 2.54 bits per heavy atom. The maximum absolute atomic E-state index is 4.48. The Morgan fingerprint density at radius 2 is 2.00 bits per heavy atom. The molecule has 0 saturated carbocycles. The molecule has 1 rings (SSSR count). The summed E-state index contributed by atoms with van der Waals surface area (Å²) in [6.45, 7) is 7.39. The molecule has 0 N–H and O–H groups in total. The standard InChI is InChI=1S/C11H18N2/c1-5-6-13(4)11-8-9(2)7-10(3)12-11/h7-8H,5-6H2,1-4H3. The molecule has 0 bridgehead atoms. The van der Waals surface area contributed by atoms with E-state index in [2.05, 4.69) is 42.9 Å². The summed E-state index contributed by atoms with van der Waals surface area (Å²) in [5.41, 5.74) is 2.38. The molecule has 1 aromatic heterocycles. The summed E-state index contributed by atoms with van der Waals surface area (Å²) in [6, 6.07) is 4.23. The Bertz CT molecular complexity index is 261. The number of hydrogen-bond acceptors (Lipinski definition) is 2. The van der Waals surface area contributed by atoms with Crippen molar-refractivity contribution < 1.29 is 0 Å². The van der Waals surface area contributed by atoms with E-state index in [1.54, 1.807) is 0 Å². The quantitative estimate of drug-likeness (QED) is 0.707. The second kappa shape index (κ2) is 4.26. The third-order valence-electron chi connectivity index (χ3n) is 2.03. The minimum absolute atomic E-state index is 1.07.